The van der Waals surface area contributed by atoms with Gasteiger partial charge in [0, 0.05) is 17.1 Å². The normalized spacial score (nSPS) is 12.9. The maximum Gasteiger partial charge on any atom is 0.242 e. The molecular weight excluding hydrogens is 423 g/mol. The summed E-state index contributed by atoms with van der Waals surface area (Å²) in [6.07, 6.45) is 0.919. The molecule has 0 aliphatic heterocycles. The van der Waals surface area contributed by atoms with E-state index in [1.165, 1.54) is 12.1 Å². The van der Waals surface area contributed by atoms with Gasteiger partial charge >= 0.3 is 0 Å². The van der Waals surface area contributed by atoms with Crippen LogP contribution in [-0.2, 0) is 22.6 Å². The third-order valence-electron chi connectivity index (χ3n) is 4.68. The molecule has 150 valence electrons. The molecule has 0 unspecified atom stereocenters. The van der Waals surface area contributed by atoms with Gasteiger partial charge in [-0.05, 0) is 55.7 Å². The monoisotopic (exact) mass is 448 g/mol. The molecule has 0 aliphatic carbocycles. The van der Waals surface area contributed by atoms with Gasteiger partial charge in [0.1, 0.15) is 11.9 Å². The number of carbonyl (C=O) groups excluding carboxylic acids is 2. The third-order valence-corrected chi connectivity index (χ3v) is 5.17. The van der Waals surface area contributed by atoms with Crippen LogP contribution in [0.1, 0.15) is 38.3 Å². The van der Waals surface area contributed by atoms with Crippen LogP contribution in [0.25, 0.3) is 0 Å². The molecule has 2 atom stereocenters. The van der Waals surface area contributed by atoms with Gasteiger partial charge in [-0.3, -0.25) is 9.59 Å². The zero-order chi connectivity index (χ0) is 20.7. The summed E-state index contributed by atoms with van der Waals surface area (Å²) >= 11 is 3.44. The van der Waals surface area contributed by atoms with Crippen LogP contribution in [0.3, 0.4) is 0 Å². The average Bonchev–Trinajstić information content (AvgIpc) is 2.67. The summed E-state index contributed by atoms with van der Waals surface area (Å²) < 4.78 is 14.1. The zero-order valence-corrected chi connectivity index (χ0v) is 18.0. The SMILES string of the molecule is CC[C@@H](C)NC(=O)[C@@H](C)N(Cc1cccc(Br)c1)C(=O)Cc1ccc(F)cc1. The Bertz CT molecular complexity index is 810. The van der Waals surface area contributed by atoms with Gasteiger partial charge in [-0.1, -0.05) is 47.1 Å². The van der Waals surface area contributed by atoms with E-state index in [1.54, 1.807) is 24.0 Å². The number of hydrogen-bond donors (Lipinski definition) is 1. The number of carbonyl (C=O) groups is 2. The summed E-state index contributed by atoms with van der Waals surface area (Å²) in [5.41, 5.74) is 1.63. The molecule has 2 amide bonds. The molecule has 2 aromatic rings. The van der Waals surface area contributed by atoms with E-state index >= 15 is 0 Å². The summed E-state index contributed by atoms with van der Waals surface area (Å²) in [5, 5.41) is 2.94. The fraction of sp³-hybridized carbons (Fsp3) is 0.364. The second-order valence-electron chi connectivity index (χ2n) is 6.95. The fourth-order valence-electron chi connectivity index (χ4n) is 2.76. The number of nitrogens with one attached hydrogen (secondary N) is 1. The minimum atomic E-state index is -0.624. The van der Waals surface area contributed by atoms with Crippen molar-refractivity contribution in [1.29, 1.82) is 0 Å². The lowest BCUT2D eigenvalue weighted by atomic mass is 10.1. The van der Waals surface area contributed by atoms with Gasteiger partial charge in [0.2, 0.25) is 11.8 Å². The van der Waals surface area contributed by atoms with E-state index in [2.05, 4.69) is 21.2 Å². The van der Waals surface area contributed by atoms with Crippen LogP contribution in [0.4, 0.5) is 4.39 Å². The lowest BCUT2D eigenvalue weighted by Crippen LogP contribution is -2.49. The number of hydrogen-bond acceptors (Lipinski definition) is 2. The molecule has 0 bridgehead atoms. The molecule has 28 heavy (non-hydrogen) atoms. The Hall–Kier alpha value is -2.21. The van der Waals surface area contributed by atoms with E-state index in [1.807, 2.05) is 38.1 Å². The first kappa shape index (κ1) is 22.1. The molecule has 4 nitrogen and oxygen atoms in total. The van der Waals surface area contributed by atoms with Gasteiger partial charge in [0.25, 0.3) is 0 Å². The number of benzene rings is 2. The van der Waals surface area contributed by atoms with E-state index in [-0.39, 0.29) is 30.1 Å². The van der Waals surface area contributed by atoms with Crippen LogP contribution in [0.2, 0.25) is 0 Å². The van der Waals surface area contributed by atoms with Crippen LogP contribution < -0.4 is 5.32 Å². The highest BCUT2D eigenvalue weighted by molar-refractivity contribution is 9.10. The summed E-state index contributed by atoms with van der Waals surface area (Å²) in [4.78, 5) is 27.2. The quantitative estimate of drug-likeness (QED) is 0.647. The Morgan fingerprint density at radius 1 is 1.11 bits per heavy atom. The second kappa shape index (κ2) is 10.4. The molecule has 1 N–H and O–H groups in total. The predicted molar refractivity (Wildman–Crippen MR) is 112 cm³/mol. The van der Waals surface area contributed by atoms with Gasteiger partial charge in [0.15, 0.2) is 0 Å². The summed E-state index contributed by atoms with van der Waals surface area (Å²) in [5.74, 6) is -0.710. The maximum atomic E-state index is 13.1. The van der Waals surface area contributed by atoms with E-state index < -0.39 is 6.04 Å². The molecule has 0 radical (unpaired) electrons. The van der Waals surface area contributed by atoms with Gasteiger partial charge in [-0.15, -0.1) is 0 Å². The Morgan fingerprint density at radius 3 is 2.39 bits per heavy atom. The van der Waals surface area contributed by atoms with Crippen LogP contribution in [0.15, 0.2) is 53.0 Å². The molecule has 2 rings (SSSR count). The van der Waals surface area contributed by atoms with E-state index in [4.69, 9.17) is 0 Å². The van der Waals surface area contributed by atoms with Crippen LogP contribution in [-0.4, -0.2) is 28.8 Å². The largest absolute Gasteiger partial charge is 0.352 e. The van der Waals surface area contributed by atoms with Crippen molar-refractivity contribution < 1.29 is 14.0 Å². The Morgan fingerprint density at radius 2 is 1.79 bits per heavy atom. The smallest absolute Gasteiger partial charge is 0.242 e. The standard InChI is InChI=1S/C22H26BrFN2O2/c1-4-15(2)25-22(28)16(3)26(14-18-6-5-7-19(23)12-18)21(27)13-17-8-10-20(24)11-9-17/h5-12,15-16H,4,13-14H2,1-3H3,(H,25,28)/t15-,16-/m1/s1. The van der Waals surface area contributed by atoms with Crippen molar-refractivity contribution >= 4 is 27.7 Å². The molecule has 0 spiro atoms. The molecule has 0 fully saturated rings. The van der Waals surface area contributed by atoms with Gasteiger partial charge in [-0.2, -0.15) is 0 Å². The number of halogens is 2. The average molecular weight is 449 g/mol. The van der Waals surface area contributed by atoms with E-state index in [0.717, 1.165) is 16.5 Å². The van der Waals surface area contributed by atoms with Crippen LogP contribution in [0.5, 0.6) is 0 Å². The number of amides is 2. The molecule has 0 aromatic heterocycles. The molecular formula is C22H26BrFN2O2. The molecule has 0 saturated heterocycles. The predicted octanol–water partition coefficient (Wildman–Crippen LogP) is 4.46. The Balaban J connectivity index is 2.22. The summed E-state index contributed by atoms with van der Waals surface area (Å²) in [6.45, 7) is 5.98. The van der Waals surface area contributed by atoms with Crippen molar-refractivity contribution in [3.05, 3.63) is 69.9 Å². The van der Waals surface area contributed by atoms with Crippen LogP contribution in [0, 0.1) is 5.82 Å². The number of rotatable bonds is 8. The highest BCUT2D eigenvalue weighted by atomic mass is 79.9. The minimum absolute atomic E-state index is 0.0369. The first-order valence-corrected chi connectivity index (χ1v) is 10.2. The highest BCUT2D eigenvalue weighted by Gasteiger charge is 2.26. The first-order chi connectivity index (χ1) is 13.3. The van der Waals surface area contributed by atoms with Crippen molar-refractivity contribution in [2.24, 2.45) is 0 Å². The van der Waals surface area contributed by atoms with Crippen molar-refractivity contribution in [3.63, 3.8) is 0 Å². The van der Waals surface area contributed by atoms with Crippen molar-refractivity contribution in [2.45, 2.75) is 52.2 Å². The van der Waals surface area contributed by atoms with Crippen LogP contribution >= 0.6 is 15.9 Å². The summed E-state index contributed by atoms with van der Waals surface area (Å²) in [6, 6.07) is 12.9. The zero-order valence-electron chi connectivity index (χ0n) is 16.4. The van der Waals surface area contributed by atoms with Crippen molar-refractivity contribution in [1.82, 2.24) is 10.2 Å². The lowest BCUT2D eigenvalue weighted by Gasteiger charge is -2.30. The van der Waals surface area contributed by atoms with E-state index in [0.29, 0.717) is 12.1 Å². The second-order valence-corrected chi connectivity index (χ2v) is 7.86. The van der Waals surface area contributed by atoms with Gasteiger partial charge < -0.3 is 10.2 Å². The van der Waals surface area contributed by atoms with Gasteiger partial charge in [-0.25, -0.2) is 4.39 Å². The highest BCUT2D eigenvalue weighted by Crippen LogP contribution is 2.17. The first-order valence-electron chi connectivity index (χ1n) is 9.39. The molecule has 0 saturated carbocycles. The Labute approximate surface area is 174 Å². The molecule has 2 aromatic carbocycles. The maximum absolute atomic E-state index is 13.1. The summed E-state index contributed by atoms with van der Waals surface area (Å²) in [7, 11) is 0. The minimum Gasteiger partial charge on any atom is -0.352 e. The Kier molecular flexibility index (Phi) is 8.18. The van der Waals surface area contributed by atoms with Crippen molar-refractivity contribution in [3.8, 4) is 0 Å². The molecule has 0 aliphatic rings. The topological polar surface area (TPSA) is 49.4 Å². The molecule has 6 heteroatoms. The molecule has 0 heterocycles. The van der Waals surface area contributed by atoms with E-state index in [9.17, 15) is 14.0 Å². The third kappa shape index (κ3) is 6.44. The number of nitrogens with zero attached hydrogens (tertiary/aromatic N) is 1. The lowest BCUT2D eigenvalue weighted by molar-refractivity contribution is -0.140. The van der Waals surface area contributed by atoms with Gasteiger partial charge in [0.05, 0.1) is 6.42 Å². The van der Waals surface area contributed by atoms with Crippen molar-refractivity contribution in [2.75, 3.05) is 0 Å². The fourth-order valence-corrected chi connectivity index (χ4v) is 3.21.